The fourth-order valence-electron chi connectivity index (χ4n) is 5.04. The van der Waals surface area contributed by atoms with Crippen LogP contribution in [-0.2, 0) is 20.7 Å². The lowest BCUT2D eigenvalue weighted by molar-refractivity contribution is -0.204. The monoisotopic (exact) mass is 348 g/mol. The number of hydrogen-bond acceptors (Lipinski definition) is 5. The number of carbonyl (C=O) groups excluding carboxylic acids is 1. The number of carbonyl (C=O) groups is 1. The molecule has 1 N–H and O–H groups in total. The summed E-state index contributed by atoms with van der Waals surface area (Å²) in [5.41, 5.74) is -0.310. The summed E-state index contributed by atoms with van der Waals surface area (Å²) in [6, 6.07) is 0. The molecule has 0 amide bonds. The molecule has 2 fully saturated rings. The van der Waals surface area contributed by atoms with Gasteiger partial charge in [0.25, 0.3) is 0 Å². The first-order valence-electron chi connectivity index (χ1n) is 9.35. The molecule has 6 unspecified atom stereocenters. The van der Waals surface area contributed by atoms with E-state index in [0.29, 0.717) is 12.8 Å². The molecule has 3 aliphatic rings. The summed E-state index contributed by atoms with van der Waals surface area (Å²) >= 11 is 0. The van der Waals surface area contributed by atoms with Crippen LogP contribution >= 0.6 is 0 Å². The summed E-state index contributed by atoms with van der Waals surface area (Å²) in [5.74, 6) is 0.426. The van der Waals surface area contributed by atoms with E-state index in [1.165, 1.54) is 0 Å². The molecular weight excluding hydrogens is 320 g/mol. The largest absolute Gasteiger partial charge is 0.469 e. The first kappa shape index (κ1) is 17.1. The predicted molar refractivity (Wildman–Crippen MR) is 91.0 cm³/mol. The van der Waals surface area contributed by atoms with Crippen molar-refractivity contribution < 1.29 is 23.8 Å². The zero-order chi connectivity index (χ0) is 18.2. The fraction of sp³-hybridized carbons (Fsp3) is 0.750. The van der Waals surface area contributed by atoms with Crippen LogP contribution in [0, 0.1) is 18.3 Å². The van der Waals surface area contributed by atoms with Crippen molar-refractivity contribution in [2.75, 3.05) is 0 Å². The molecule has 2 aliphatic carbocycles. The standard InChI is InChI=1S/C20H28O5/c1-6-11(2)17(21)24-16-15-12(3)10-23-13(15)9-20-14(25-20)7-8-18(4,22)19(16,20)5/h10-11,14,16,22H,6-9H2,1-5H3. The van der Waals surface area contributed by atoms with E-state index in [2.05, 4.69) is 0 Å². The Bertz CT molecular complexity index is 720. The second-order valence-electron chi connectivity index (χ2n) is 8.57. The summed E-state index contributed by atoms with van der Waals surface area (Å²) in [5, 5.41) is 11.4. The molecule has 1 saturated carbocycles. The molecule has 5 nitrogen and oxygen atoms in total. The van der Waals surface area contributed by atoms with E-state index in [0.717, 1.165) is 29.7 Å². The van der Waals surface area contributed by atoms with E-state index in [-0.39, 0.29) is 18.0 Å². The Hall–Kier alpha value is -1.33. The van der Waals surface area contributed by atoms with Gasteiger partial charge in [-0.1, -0.05) is 20.8 Å². The number of esters is 1. The Kier molecular flexibility index (Phi) is 3.49. The van der Waals surface area contributed by atoms with Crippen LogP contribution < -0.4 is 0 Å². The van der Waals surface area contributed by atoms with Crippen molar-refractivity contribution in [3.05, 3.63) is 23.2 Å². The second-order valence-corrected chi connectivity index (χ2v) is 8.57. The molecule has 5 heteroatoms. The van der Waals surface area contributed by atoms with E-state index in [4.69, 9.17) is 13.9 Å². The number of fused-ring (bicyclic) bond motifs is 1. The van der Waals surface area contributed by atoms with Gasteiger partial charge < -0.3 is 19.0 Å². The highest BCUT2D eigenvalue weighted by Gasteiger charge is 2.79. The second kappa shape index (κ2) is 5.10. The molecule has 6 atom stereocenters. The zero-order valence-electron chi connectivity index (χ0n) is 15.7. The molecule has 0 bridgehead atoms. The summed E-state index contributed by atoms with van der Waals surface area (Å²) in [4.78, 5) is 12.7. The van der Waals surface area contributed by atoms with Crippen LogP contribution in [0.1, 0.15) is 69.9 Å². The van der Waals surface area contributed by atoms with Gasteiger partial charge in [-0.2, -0.15) is 0 Å². The molecule has 1 spiro atoms. The van der Waals surface area contributed by atoms with Gasteiger partial charge in [0.15, 0.2) is 0 Å². The van der Waals surface area contributed by atoms with Gasteiger partial charge in [0.2, 0.25) is 0 Å². The molecule has 1 aromatic heterocycles. The van der Waals surface area contributed by atoms with Crippen LogP contribution in [0.2, 0.25) is 0 Å². The number of epoxide rings is 1. The average molecular weight is 348 g/mol. The smallest absolute Gasteiger partial charge is 0.309 e. The van der Waals surface area contributed by atoms with Crippen molar-refractivity contribution in [2.45, 2.75) is 83.7 Å². The lowest BCUT2D eigenvalue weighted by atomic mass is 9.51. The maximum atomic E-state index is 12.7. The van der Waals surface area contributed by atoms with Crippen LogP contribution in [-0.4, -0.2) is 28.4 Å². The van der Waals surface area contributed by atoms with Crippen molar-refractivity contribution in [1.29, 1.82) is 0 Å². The topological polar surface area (TPSA) is 72.2 Å². The van der Waals surface area contributed by atoms with Crippen LogP contribution in [0.4, 0.5) is 0 Å². The first-order valence-corrected chi connectivity index (χ1v) is 9.35. The maximum absolute atomic E-state index is 12.7. The van der Waals surface area contributed by atoms with Crippen molar-refractivity contribution >= 4 is 5.97 Å². The Balaban J connectivity index is 1.85. The van der Waals surface area contributed by atoms with Crippen molar-refractivity contribution in [3.8, 4) is 0 Å². The quantitative estimate of drug-likeness (QED) is 0.669. The van der Waals surface area contributed by atoms with Crippen molar-refractivity contribution in [1.82, 2.24) is 0 Å². The van der Waals surface area contributed by atoms with Crippen LogP contribution in [0.3, 0.4) is 0 Å². The summed E-state index contributed by atoms with van der Waals surface area (Å²) in [6.07, 6.45) is 4.07. The SMILES string of the molecule is CCC(C)C(=O)OC1c2c(C)coc2CC23OC2CCC(C)(O)C13C. The summed E-state index contributed by atoms with van der Waals surface area (Å²) < 4.78 is 18.0. The number of rotatable bonds is 3. The van der Waals surface area contributed by atoms with E-state index in [9.17, 15) is 9.90 Å². The predicted octanol–water partition coefficient (Wildman–Crippen LogP) is 3.46. The molecule has 1 saturated heterocycles. The highest BCUT2D eigenvalue weighted by Crippen LogP contribution is 2.70. The van der Waals surface area contributed by atoms with Gasteiger partial charge in [-0.3, -0.25) is 4.79 Å². The van der Waals surface area contributed by atoms with Crippen LogP contribution in [0.15, 0.2) is 10.7 Å². The highest BCUT2D eigenvalue weighted by molar-refractivity contribution is 5.72. The van der Waals surface area contributed by atoms with Gasteiger partial charge in [0, 0.05) is 12.0 Å². The third-order valence-corrected chi connectivity index (χ3v) is 7.27. The average Bonchev–Trinajstić information content (AvgIpc) is 3.16. The van der Waals surface area contributed by atoms with Gasteiger partial charge in [0.05, 0.1) is 29.3 Å². The van der Waals surface area contributed by atoms with Gasteiger partial charge in [-0.15, -0.1) is 0 Å². The minimum absolute atomic E-state index is 0.0982. The Morgan fingerprint density at radius 2 is 2.20 bits per heavy atom. The van der Waals surface area contributed by atoms with E-state index in [1.807, 2.05) is 34.6 Å². The Labute approximate surface area is 148 Å². The van der Waals surface area contributed by atoms with E-state index < -0.39 is 22.7 Å². The van der Waals surface area contributed by atoms with Crippen LogP contribution in [0.25, 0.3) is 0 Å². The number of aryl methyl sites for hydroxylation is 1. The molecule has 1 aromatic rings. The van der Waals surface area contributed by atoms with E-state index in [1.54, 1.807) is 6.26 Å². The van der Waals surface area contributed by atoms with E-state index >= 15 is 0 Å². The first-order chi connectivity index (χ1) is 11.7. The Morgan fingerprint density at radius 1 is 1.48 bits per heavy atom. The highest BCUT2D eigenvalue weighted by atomic mass is 16.6. The lowest BCUT2D eigenvalue weighted by Crippen LogP contribution is -2.63. The molecule has 25 heavy (non-hydrogen) atoms. The van der Waals surface area contributed by atoms with Crippen molar-refractivity contribution in [2.24, 2.45) is 11.3 Å². The molecule has 0 radical (unpaired) electrons. The van der Waals surface area contributed by atoms with Gasteiger partial charge in [-0.25, -0.2) is 0 Å². The minimum Gasteiger partial charge on any atom is -0.469 e. The summed E-state index contributed by atoms with van der Waals surface area (Å²) in [7, 11) is 0. The molecule has 2 heterocycles. The third-order valence-electron chi connectivity index (χ3n) is 7.27. The number of ether oxygens (including phenoxy) is 2. The lowest BCUT2D eigenvalue weighted by Gasteiger charge is -2.55. The fourth-order valence-corrected chi connectivity index (χ4v) is 5.04. The summed E-state index contributed by atoms with van der Waals surface area (Å²) in [6.45, 7) is 9.70. The molecular formula is C20H28O5. The maximum Gasteiger partial charge on any atom is 0.309 e. The number of hydrogen-bond donors (Lipinski definition) is 1. The van der Waals surface area contributed by atoms with Gasteiger partial charge in [-0.05, 0) is 38.7 Å². The normalized spacial score (nSPS) is 42.8. The molecule has 138 valence electrons. The Morgan fingerprint density at radius 3 is 2.88 bits per heavy atom. The molecule has 0 aromatic carbocycles. The third kappa shape index (κ3) is 2.00. The minimum atomic E-state index is -0.984. The molecule has 4 rings (SSSR count). The van der Waals surface area contributed by atoms with Crippen molar-refractivity contribution in [3.63, 3.8) is 0 Å². The van der Waals surface area contributed by atoms with Gasteiger partial charge in [0.1, 0.15) is 17.5 Å². The van der Waals surface area contributed by atoms with Gasteiger partial charge >= 0.3 is 5.97 Å². The zero-order valence-corrected chi connectivity index (χ0v) is 15.7. The number of furan rings is 1. The number of aliphatic hydroxyl groups is 1. The molecule has 1 aliphatic heterocycles. The van der Waals surface area contributed by atoms with Crippen LogP contribution in [0.5, 0.6) is 0 Å².